The Morgan fingerprint density at radius 3 is 2.65 bits per heavy atom. The van der Waals surface area contributed by atoms with Crippen LogP contribution >= 0.6 is 0 Å². The van der Waals surface area contributed by atoms with Gasteiger partial charge in [-0.3, -0.25) is 4.90 Å². The summed E-state index contributed by atoms with van der Waals surface area (Å²) in [6.45, 7) is 2.11. The minimum Gasteiger partial charge on any atom is -0.496 e. The Kier molecular flexibility index (Phi) is 4.57. The minimum absolute atomic E-state index is 0.458. The van der Waals surface area contributed by atoms with Gasteiger partial charge in [0.2, 0.25) is 10.0 Å². The lowest BCUT2D eigenvalue weighted by atomic mass is 10.0. The van der Waals surface area contributed by atoms with Gasteiger partial charge in [-0.05, 0) is 36.4 Å². The molecule has 23 heavy (non-hydrogen) atoms. The summed E-state index contributed by atoms with van der Waals surface area (Å²) >= 11 is 0. The molecule has 0 saturated carbocycles. The van der Waals surface area contributed by atoms with Crippen LogP contribution in [0.15, 0.2) is 36.4 Å². The zero-order chi connectivity index (χ0) is 16.4. The third-order valence-corrected chi connectivity index (χ3v) is 5.83. The second-order valence-corrected chi connectivity index (χ2v) is 7.91. The molecule has 1 aliphatic rings. The molecule has 2 aromatic carbocycles. The third kappa shape index (κ3) is 3.49. The number of rotatable bonds is 4. The number of nitrogens with two attached hydrogens (primary N) is 1. The zero-order valence-electron chi connectivity index (χ0n) is 13.2. The topological polar surface area (TPSA) is 72.6 Å². The van der Waals surface area contributed by atoms with Gasteiger partial charge in [-0.15, -0.1) is 0 Å². The van der Waals surface area contributed by atoms with Gasteiger partial charge in [0.25, 0.3) is 0 Å². The van der Waals surface area contributed by atoms with Gasteiger partial charge >= 0.3 is 0 Å². The summed E-state index contributed by atoms with van der Waals surface area (Å²) in [6.07, 6.45) is 1.51. The number of nitrogens with zero attached hydrogens (tertiary/aromatic N) is 1. The van der Waals surface area contributed by atoms with E-state index in [0.29, 0.717) is 13.0 Å². The van der Waals surface area contributed by atoms with Crippen LogP contribution in [-0.2, 0) is 16.6 Å². The molecule has 3 rings (SSSR count). The molecule has 1 fully saturated rings. The maximum Gasteiger partial charge on any atom is 0.213 e. The van der Waals surface area contributed by atoms with Crippen molar-refractivity contribution < 1.29 is 13.2 Å². The first kappa shape index (κ1) is 16.2. The highest BCUT2D eigenvalue weighted by atomic mass is 32.2. The van der Waals surface area contributed by atoms with E-state index in [0.717, 1.165) is 36.0 Å². The molecular weight excluding hydrogens is 312 g/mol. The van der Waals surface area contributed by atoms with E-state index in [-0.39, 0.29) is 0 Å². The van der Waals surface area contributed by atoms with Gasteiger partial charge in [-0.25, -0.2) is 13.6 Å². The zero-order valence-corrected chi connectivity index (χ0v) is 14.1. The molecule has 1 saturated heterocycles. The van der Waals surface area contributed by atoms with Gasteiger partial charge in [-0.2, -0.15) is 0 Å². The molecule has 0 bridgehead atoms. The summed E-state index contributed by atoms with van der Waals surface area (Å²) in [7, 11) is -1.80. The molecule has 1 aliphatic heterocycles. The molecule has 0 aliphatic carbocycles. The normalized spacial score (nSPS) is 19.8. The summed E-state index contributed by atoms with van der Waals surface area (Å²) in [4.78, 5) is 2.17. The number of fused-ring (bicyclic) bond motifs is 1. The lowest BCUT2D eigenvalue weighted by Gasteiger charge is -2.31. The fourth-order valence-corrected chi connectivity index (χ4v) is 4.23. The van der Waals surface area contributed by atoms with Crippen molar-refractivity contribution in [3.05, 3.63) is 42.0 Å². The molecule has 5 nitrogen and oxygen atoms in total. The first-order valence-electron chi connectivity index (χ1n) is 7.77. The van der Waals surface area contributed by atoms with Crippen LogP contribution in [0.2, 0.25) is 0 Å². The van der Waals surface area contributed by atoms with Crippen LogP contribution < -0.4 is 9.88 Å². The van der Waals surface area contributed by atoms with Crippen LogP contribution in [0.5, 0.6) is 5.75 Å². The Labute approximate surface area is 137 Å². The molecule has 2 aromatic rings. The van der Waals surface area contributed by atoms with Gasteiger partial charge in [0, 0.05) is 18.5 Å². The predicted molar refractivity (Wildman–Crippen MR) is 91.9 cm³/mol. The molecule has 0 aromatic heterocycles. The Morgan fingerprint density at radius 2 is 1.96 bits per heavy atom. The van der Waals surface area contributed by atoms with Crippen LogP contribution in [0.4, 0.5) is 0 Å². The van der Waals surface area contributed by atoms with E-state index in [1.165, 1.54) is 5.56 Å². The fourth-order valence-electron chi connectivity index (χ4n) is 3.32. The molecule has 6 heteroatoms. The number of primary sulfonamides is 1. The van der Waals surface area contributed by atoms with Crippen molar-refractivity contribution in [2.75, 3.05) is 20.2 Å². The highest BCUT2D eigenvalue weighted by molar-refractivity contribution is 7.89. The van der Waals surface area contributed by atoms with Crippen LogP contribution in [0.3, 0.4) is 0 Å². The van der Waals surface area contributed by atoms with Crippen molar-refractivity contribution in [1.29, 1.82) is 0 Å². The van der Waals surface area contributed by atoms with E-state index >= 15 is 0 Å². The molecule has 1 atom stereocenters. The SMILES string of the molecule is COc1ccc(CN2CCCC(S(N)(=O)=O)C2)c2ccccc12. The monoisotopic (exact) mass is 334 g/mol. The maximum absolute atomic E-state index is 11.6. The second-order valence-electron chi connectivity index (χ2n) is 6.06. The minimum atomic E-state index is -3.47. The van der Waals surface area contributed by atoms with E-state index in [2.05, 4.69) is 17.0 Å². The lowest BCUT2D eigenvalue weighted by Crippen LogP contribution is -2.44. The van der Waals surface area contributed by atoms with Crippen molar-refractivity contribution in [2.45, 2.75) is 24.6 Å². The quantitative estimate of drug-likeness (QED) is 0.929. The fraction of sp³-hybridized carbons (Fsp3) is 0.412. The standard InChI is InChI=1S/C17H22N2O3S/c1-22-17-9-8-13(15-6-2-3-7-16(15)17)11-19-10-4-5-14(12-19)23(18,20)21/h2-3,6-9,14H,4-5,10-12H2,1H3,(H2,18,20,21). The molecule has 0 spiro atoms. The number of likely N-dealkylation sites (tertiary alicyclic amines) is 1. The lowest BCUT2D eigenvalue weighted by molar-refractivity contribution is 0.223. The molecular formula is C17H22N2O3S. The van der Waals surface area contributed by atoms with Gasteiger partial charge in [0.05, 0.1) is 12.4 Å². The van der Waals surface area contributed by atoms with Crippen LogP contribution in [-0.4, -0.2) is 38.8 Å². The highest BCUT2D eigenvalue weighted by Crippen LogP contribution is 2.29. The molecule has 124 valence electrons. The van der Waals surface area contributed by atoms with Gasteiger partial charge in [0.15, 0.2) is 0 Å². The van der Waals surface area contributed by atoms with Crippen molar-refractivity contribution in [2.24, 2.45) is 5.14 Å². The summed E-state index contributed by atoms with van der Waals surface area (Å²) in [6, 6.07) is 12.1. The van der Waals surface area contributed by atoms with Crippen LogP contribution in [0.25, 0.3) is 10.8 Å². The number of methoxy groups -OCH3 is 1. The summed E-state index contributed by atoms with van der Waals surface area (Å²) in [5.74, 6) is 0.852. The smallest absolute Gasteiger partial charge is 0.213 e. The Hall–Kier alpha value is -1.63. The van der Waals surface area contributed by atoms with Gasteiger partial charge < -0.3 is 4.74 Å². The largest absolute Gasteiger partial charge is 0.496 e. The molecule has 1 heterocycles. The number of hydrogen-bond acceptors (Lipinski definition) is 4. The molecule has 0 radical (unpaired) electrons. The molecule has 0 amide bonds. The Balaban J connectivity index is 1.87. The van der Waals surface area contributed by atoms with Crippen LogP contribution in [0.1, 0.15) is 18.4 Å². The van der Waals surface area contributed by atoms with E-state index in [1.807, 2.05) is 24.3 Å². The number of sulfonamides is 1. The number of ether oxygens (including phenoxy) is 1. The summed E-state index contributed by atoms with van der Waals surface area (Å²) in [5.41, 5.74) is 1.18. The highest BCUT2D eigenvalue weighted by Gasteiger charge is 2.28. The van der Waals surface area contributed by atoms with E-state index in [4.69, 9.17) is 9.88 Å². The number of hydrogen-bond donors (Lipinski definition) is 1. The Bertz CT molecular complexity index is 805. The van der Waals surface area contributed by atoms with E-state index in [9.17, 15) is 8.42 Å². The predicted octanol–water partition coefficient (Wildman–Crippen LogP) is 2.10. The molecule has 2 N–H and O–H groups in total. The van der Waals surface area contributed by atoms with Crippen LogP contribution in [0, 0.1) is 0 Å². The molecule has 1 unspecified atom stereocenters. The first-order valence-corrected chi connectivity index (χ1v) is 9.38. The summed E-state index contributed by atoms with van der Waals surface area (Å²) in [5, 5.41) is 7.09. The average Bonchev–Trinajstić information content (AvgIpc) is 2.55. The second kappa shape index (κ2) is 6.47. The van der Waals surface area contributed by atoms with Crippen molar-refractivity contribution in [3.8, 4) is 5.75 Å². The number of piperidine rings is 1. The van der Waals surface area contributed by atoms with E-state index < -0.39 is 15.3 Å². The summed E-state index contributed by atoms with van der Waals surface area (Å²) < 4.78 is 28.7. The van der Waals surface area contributed by atoms with Crippen molar-refractivity contribution in [3.63, 3.8) is 0 Å². The number of benzene rings is 2. The van der Waals surface area contributed by atoms with E-state index in [1.54, 1.807) is 7.11 Å². The van der Waals surface area contributed by atoms with Crippen molar-refractivity contribution >= 4 is 20.8 Å². The Morgan fingerprint density at radius 1 is 1.22 bits per heavy atom. The average molecular weight is 334 g/mol. The maximum atomic E-state index is 11.6. The first-order chi connectivity index (χ1) is 11.0. The third-order valence-electron chi connectivity index (χ3n) is 4.52. The van der Waals surface area contributed by atoms with Gasteiger partial charge in [-0.1, -0.05) is 30.3 Å². The van der Waals surface area contributed by atoms with Gasteiger partial charge in [0.1, 0.15) is 5.75 Å². The van der Waals surface area contributed by atoms with Crippen molar-refractivity contribution in [1.82, 2.24) is 4.90 Å².